The Morgan fingerprint density at radius 3 is 1.75 bits per heavy atom. The van der Waals surface area contributed by atoms with Crippen LogP contribution in [0.5, 0.6) is 0 Å². The summed E-state index contributed by atoms with van der Waals surface area (Å²) in [6.07, 6.45) is 1.88. The Bertz CT molecular complexity index is 4380. The summed E-state index contributed by atoms with van der Waals surface area (Å²) in [6.45, 7) is 16.8. The van der Waals surface area contributed by atoms with Crippen LogP contribution in [0, 0.1) is 6.92 Å². The van der Waals surface area contributed by atoms with E-state index in [1.807, 2.05) is 0 Å². The molecule has 0 fully saturated rings. The van der Waals surface area contributed by atoms with E-state index in [-0.39, 0.29) is 22.2 Å². The SMILES string of the molecule is Cc1ccc(-c2cc3c(c4c2oc2ccccc24)-c2ccc(CCC(c4cccc(-c5ccccc5)c4)c4ccc5c(c4)C(C)(C)c4c6c(c7c(oc8ccccc87)c4-5)-c4ccccc4C6(C)C)cc2C3(C)C)cc1. The molecule has 75 heavy (non-hydrogen) atoms. The highest BCUT2D eigenvalue weighted by Gasteiger charge is 2.49. The van der Waals surface area contributed by atoms with Gasteiger partial charge in [-0.2, -0.15) is 0 Å². The van der Waals surface area contributed by atoms with Gasteiger partial charge in [-0.15, -0.1) is 0 Å². The topological polar surface area (TPSA) is 26.3 Å². The zero-order valence-corrected chi connectivity index (χ0v) is 43.8. The summed E-state index contributed by atoms with van der Waals surface area (Å²) in [5.74, 6) is 0.142. The fourth-order valence-corrected chi connectivity index (χ4v) is 14.4. The first-order chi connectivity index (χ1) is 36.4. The minimum Gasteiger partial charge on any atom is -0.455 e. The molecule has 2 heteroatoms. The van der Waals surface area contributed by atoms with Gasteiger partial charge in [-0.3, -0.25) is 0 Å². The second-order valence-corrected chi connectivity index (χ2v) is 23.5. The quantitative estimate of drug-likeness (QED) is 0.159. The first-order valence-electron chi connectivity index (χ1n) is 27.0. The summed E-state index contributed by atoms with van der Waals surface area (Å²) < 4.78 is 13.9. The third-order valence-electron chi connectivity index (χ3n) is 18.2. The lowest BCUT2D eigenvalue weighted by atomic mass is 9.71. The molecule has 1 unspecified atom stereocenters. The lowest BCUT2D eigenvalue weighted by Gasteiger charge is -2.31. The summed E-state index contributed by atoms with van der Waals surface area (Å²) in [5.41, 5.74) is 29.5. The molecule has 15 rings (SSSR count). The Kier molecular flexibility index (Phi) is 9.25. The predicted molar refractivity (Wildman–Crippen MR) is 312 cm³/mol. The van der Waals surface area contributed by atoms with Crippen LogP contribution in [0.3, 0.4) is 0 Å². The fourth-order valence-electron chi connectivity index (χ4n) is 14.4. The van der Waals surface area contributed by atoms with Crippen molar-refractivity contribution in [2.75, 3.05) is 0 Å². The van der Waals surface area contributed by atoms with Gasteiger partial charge in [-0.1, -0.05) is 223 Å². The smallest absolute Gasteiger partial charge is 0.144 e. The lowest BCUT2D eigenvalue weighted by Crippen LogP contribution is -2.24. The summed E-state index contributed by atoms with van der Waals surface area (Å²) in [5, 5.41) is 4.83. The largest absolute Gasteiger partial charge is 0.455 e. The normalized spacial score (nSPS) is 15.5. The van der Waals surface area contributed by atoms with Crippen LogP contribution in [0.25, 0.3) is 99.5 Å². The highest BCUT2D eigenvalue weighted by Crippen LogP contribution is 2.64. The molecule has 1 atom stereocenters. The molecule has 0 radical (unpaired) electrons. The molecule has 0 amide bonds. The van der Waals surface area contributed by atoms with E-state index in [9.17, 15) is 0 Å². The minimum absolute atomic E-state index is 0.142. The molecule has 2 nitrogen and oxygen atoms in total. The number of benzene rings is 10. The van der Waals surface area contributed by atoms with Gasteiger partial charge < -0.3 is 8.83 Å². The number of rotatable bonds is 7. The maximum absolute atomic E-state index is 7.07. The van der Waals surface area contributed by atoms with Gasteiger partial charge in [-0.05, 0) is 133 Å². The third-order valence-corrected chi connectivity index (χ3v) is 18.2. The van der Waals surface area contributed by atoms with Gasteiger partial charge >= 0.3 is 0 Å². The van der Waals surface area contributed by atoms with Crippen molar-refractivity contribution >= 4 is 43.9 Å². The Morgan fingerprint density at radius 1 is 0.387 bits per heavy atom. The standard InChI is InChI=1S/C73H58O2/c1-42-28-32-45(33-29-42)55-41-59-62(64-53-23-12-15-26-60(53)74-69(55)64)51-36-31-43(38-57(51)71(59,2)3)30-35-49(47-21-17-20-46(39-47)44-18-9-8-10-19-44)48-34-37-52-58(40-48)73(6,7)68-66(52)70-65(54-24-13-16-27-61(54)75-70)63-50-22-11-14-25-56(50)72(4,5)67(63)68/h8-29,31-34,36-41,49H,30,35H2,1-7H3. The highest BCUT2D eigenvalue weighted by atomic mass is 16.3. The van der Waals surface area contributed by atoms with Crippen molar-refractivity contribution in [1.29, 1.82) is 0 Å². The summed E-state index contributed by atoms with van der Waals surface area (Å²) >= 11 is 0. The van der Waals surface area contributed by atoms with Crippen LogP contribution in [0.1, 0.15) is 110 Å². The van der Waals surface area contributed by atoms with E-state index in [2.05, 4.69) is 243 Å². The molecule has 0 bridgehead atoms. The van der Waals surface area contributed by atoms with Gasteiger partial charge in [0.2, 0.25) is 0 Å². The van der Waals surface area contributed by atoms with Crippen LogP contribution in [0.4, 0.5) is 0 Å². The first-order valence-corrected chi connectivity index (χ1v) is 27.0. The average Bonchev–Trinajstić information content (AvgIpc) is 4.39. The second-order valence-electron chi connectivity index (χ2n) is 23.5. The van der Waals surface area contributed by atoms with Crippen LogP contribution in [0.15, 0.2) is 203 Å². The van der Waals surface area contributed by atoms with Crippen LogP contribution >= 0.6 is 0 Å². The van der Waals surface area contributed by atoms with Gasteiger partial charge in [0, 0.05) is 54.8 Å². The van der Waals surface area contributed by atoms with Crippen molar-refractivity contribution in [3.63, 3.8) is 0 Å². The Hall–Kier alpha value is -8.20. The number of aryl methyl sites for hydroxylation is 2. The van der Waals surface area contributed by atoms with E-state index in [1.165, 1.54) is 127 Å². The average molecular weight is 967 g/mol. The first kappa shape index (κ1) is 44.3. The van der Waals surface area contributed by atoms with E-state index in [0.29, 0.717) is 0 Å². The van der Waals surface area contributed by atoms with E-state index >= 15 is 0 Å². The molecule has 0 saturated carbocycles. The van der Waals surface area contributed by atoms with E-state index < -0.39 is 0 Å². The highest BCUT2D eigenvalue weighted by molar-refractivity contribution is 6.21. The Morgan fingerprint density at radius 2 is 0.973 bits per heavy atom. The predicted octanol–water partition coefficient (Wildman–Crippen LogP) is 19.8. The summed E-state index contributed by atoms with van der Waals surface area (Å²) in [4.78, 5) is 0. The lowest BCUT2D eigenvalue weighted by molar-refractivity contribution is 0.599. The van der Waals surface area contributed by atoms with Gasteiger partial charge in [0.25, 0.3) is 0 Å². The van der Waals surface area contributed by atoms with E-state index in [4.69, 9.17) is 8.83 Å². The monoisotopic (exact) mass is 966 g/mol. The molecule has 0 saturated heterocycles. The van der Waals surface area contributed by atoms with Crippen molar-refractivity contribution in [2.45, 2.75) is 83.5 Å². The molecule has 0 spiro atoms. The molecule has 10 aromatic carbocycles. The van der Waals surface area contributed by atoms with Crippen LogP contribution in [-0.4, -0.2) is 0 Å². The number of furan rings is 2. The van der Waals surface area contributed by atoms with Crippen LogP contribution in [0.2, 0.25) is 0 Å². The maximum atomic E-state index is 7.07. The number of hydrogen-bond acceptors (Lipinski definition) is 2. The van der Waals surface area contributed by atoms with Crippen molar-refractivity contribution < 1.29 is 8.83 Å². The molecular weight excluding hydrogens is 909 g/mol. The van der Waals surface area contributed by atoms with Crippen molar-refractivity contribution in [3.05, 3.63) is 250 Å². The number of para-hydroxylation sites is 2. The van der Waals surface area contributed by atoms with Gasteiger partial charge in [0.1, 0.15) is 22.3 Å². The maximum Gasteiger partial charge on any atom is 0.144 e. The summed E-state index contributed by atoms with van der Waals surface area (Å²) in [6, 6.07) is 72.7. The van der Waals surface area contributed by atoms with Crippen LogP contribution < -0.4 is 0 Å². The Balaban J connectivity index is 0.866. The van der Waals surface area contributed by atoms with Crippen molar-refractivity contribution in [3.8, 4) is 55.6 Å². The second kappa shape index (κ2) is 15.7. The minimum atomic E-state index is -0.292. The number of hydrogen-bond donors (Lipinski definition) is 0. The van der Waals surface area contributed by atoms with Crippen molar-refractivity contribution in [2.24, 2.45) is 0 Å². The molecule has 3 aliphatic carbocycles. The molecule has 0 aliphatic heterocycles. The van der Waals surface area contributed by atoms with Gasteiger partial charge in [-0.25, -0.2) is 0 Å². The molecule has 12 aromatic rings. The number of fused-ring (bicyclic) bond motifs is 19. The fraction of sp³-hybridized carbons (Fsp3) is 0.178. The van der Waals surface area contributed by atoms with Crippen LogP contribution in [-0.2, 0) is 22.7 Å². The molecule has 3 aliphatic rings. The Labute approximate surface area is 439 Å². The van der Waals surface area contributed by atoms with E-state index in [1.54, 1.807) is 0 Å². The molecular formula is C73H58O2. The summed E-state index contributed by atoms with van der Waals surface area (Å²) in [7, 11) is 0. The zero-order chi connectivity index (χ0) is 50.7. The van der Waals surface area contributed by atoms with E-state index in [0.717, 1.165) is 40.7 Å². The third kappa shape index (κ3) is 6.20. The van der Waals surface area contributed by atoms with Crippen molar-refractivity contribution in [1.82, 2.24) is 0 Å². The molecule has 2 heterocycles. The molecule has 2 aromatic heterocycles. The molecule has 362 valence electrons. The van der Waals surface area contributed by atoms with Gasteiger partial charge in [0.15, 0.2) is 0 Å². The zero-order valence-electron chi connectivity index (χ0n) is 43.8. The van der Waals surface area contributed by atoms with Gasteiger partial charge in [0.05, 0.1) is 0 Å². The molecule has 0 N–H and O–H groups in total.